The average molecular weight is 387 g/mol. The van der Waals surface area contributed by atoms with Crippen molar-refractivity contribution in [2.75, 3.05) is 5.32 Å². The lowest BCUT2D eigenvalue weighted by molar-refractivity contribution is -0.115. The van der Waals surface area contributed by atoms with Crippen LogP contribution in [-0.2, 0) is 4.79 Å². The molecule has 7 heteroatoms. The molecule has 0 bridgehead atoms. The molecule has 2 heterocycles. The Bertz CT molecular complexity index is 878. The lowest BCUT2D eigenvalue weighted by Gasteiger charge is -2.12. The fourth-order valence-electron chi connectivity index (χ4n) is 2.25. The molecule has 0 fully saturated rings. The summed E-state index contributed by atoms with van der Waals surface area (Å²) >= 11 is 3.47. The number of nitrogens with one attached hydrogen (secondary N) is 1. The first-order valence-electron chi connectivity index (χ1n) is 7.43. The molecular formula is C17H15BrN4O2. The Labute approximate surface area is 147 Å². The highest BCUT2D eigenvalue weighted by molar-refractivity contribution is 9.10. The van der Waals surface area contributed by atoms with Gasteiger partial charge in [0, 0.05) is 28.9 Å². The van der Waals surface area contributed by atoms with Gasteiger partial charge in [-0.3, -0.25) is 9.78 Å². The van der Waals surface area contributed by atoms with Crippen LogP contribution in [0.15, 0.2) is 45.7 Å². The second-order valence-electron chi connectivity index (χ2n) is 5.21. The highest BCUT2D eigenvalue weighted by Gasteiger charge is 2.18. The molecule has 0 spiro atoms. The first kappa shape index (κ1) is 16.3. The molecule has 24 heavy (non-hydrogen) atoms. The molecule has 0 aliphatic heterocycles. The number of aryl methyl sites for hydroxylation is 1. The summed E-state index contributed by atoms with van der Waals surface area (Å²) in [5.74, 6) is 0.710. The first-order valence-corrected chi connectivity index (χ1v) is 8.22. The molecular weight excluding hydrogens is 372 g/mol. The Morgan fingerprint density at radius 1 is 1.38 bits per heavy atom. The fraction of sp³-hybridized carbons (Fsp3) is 0.176. The van der Waals surface area contributed by atoms with Crippen LogP contribution in [0.25, 0.3) is 22.8 Å². The van der Waals surface area contributed by atoms with Crippen LogP contribution < -0.4 is 5.32 Å². The van der Waals surface area contributed by atoms with Gasteiger partial charge in [0.05, 0.1) is 11.3 Å². The van der Waals surface area contributed by atoms with E-state index in [0.29, 0.717) is 29.4 Å². The Kier molecular flexibility index (Phi) is 4.71. The minimum absolute atomic E-state index is 0.0753. The highest BCUT2D eigenvalue weighted by Crippen LogP contribution is 2.34. The monoisotopic (exact) mass is 386 g/mol. The van der Waals surface area contributed by atoms with Gasteiger partial charge in [-0.25, -0.2) is 0 Å². The zero-order valence-corrected chi connectivity index (χ0v) is 14.8. The van der Waals surface area contributed by atoms with Gasteiger partial charge in [0.15, 0.2) is 0 Å². The van der Waals surface area contributed by atoms with Crippen LogP contribution in [-0.4, -0.2) is 21.0 Å². The maximum atomic E-state index is 11.8. The van der Waals surface area contributed by atoms with E-state index in [1.165, 1.54) is 0 Å². The third-order valence-electron chi connectivity index (χ3n) is 3.46. The molecule has 0 unspecified atom stereocenters. The molecule has 0 radical (unpaired) electrons. The smallest absolute Gasteiger partial charge is 0.260 e. The summed E-state index contributed by atoms with van der Waals surface area (Å²) in [5.41, 5.74) is 3.01. The first-order chi connectivity index (χ1) is 11.6. The summed E-state index contributed by atoms with van der Waals surface area (Å²) in [7, 11) is 0. The number of hydrogen-bond acceptors (Lipinski definition) is 5. The van der Waals surface area contributed by atoms with E-state index in [4.69, 9.17) is 4.52 Å². The number of carbonyl (C=O) groups is 1. The standard InChI is InChI=1S/C17H15BrN4O2/c1-3-14(23)20-15-10(2)7-12(18)8-13(15)17-21-16(22-24-17)11-5-4-6-19-9-11/h4-9H,3H2,1-2H3,(H,20,23). The predicted molar refractivity (Wildman–Crippen MR) is 94.3 cm³/mol. The molecule has 3 rings (SSSR count). The van der Waals surface area contributed by atoms with Crippen LogP contribution in [0.4, 0.5) is 5.69 Å². The van der Waals surface area contributed by atoms with E-state index in [0.717, 1.165) is 15.6 Å². The van der Waals surface area contributed by atoms with Crippen LogP contribution in [0.3, 0.4) is 0 Å². The summed E-state index contributed by atoms with van der Waals surface area (Å²) in [6.45, 7) is 3.72. The quantitative estimate of drug-likeness (QED) is 0.725. The van der Waals surface area contributed by atoms with Crippen LogP contribution in [0.1, 0.15) is 18.9 Å². The SMILES string of the molecule is CCC(=O)Nc1c(C)cc(Br)cc1-c1nc(-c2cccnc2)no1. The van der Waals surface area contributed by atoms with E-state index in [2.05, 4.69) is 36.4 Å². The molecule has 0 aliphatic carbocycles. The van der Waals surface area contributed by atoms with Crippen LogP contribution in [0, 0.1) is 6.92 Å². The van der Waals surface area contributed by atoms with Crippen molar-refractivity contribution >= 4 is 27.5 Å². The second-order valence-corrected chi connectivity index (χ2v) is 6.13. The normalized spacial score (nSPS) is 10.6. The third-order valence-corrected chi connectivity index (χ3v) is 3.92. The summed E-state index contributed by atoms with van der Waals surface area (Å²) in [5, 5.41) is 6.91. The predicted octanol–water partition coefficient (Wildman–Crippen LogP) is 4.22. The number of aromatic nitrogens is 3. The molecule has 1 aromatic carbocycles. The maximum absolute atomic E-state index is 11.8. The minimum atomic E-state index is -0.0753. The number of anilines is 1. The average Bonchev–Trinajstić information content (AvgIpc) is 3.07. The van der Waals surface area contributed by atoms with Crippen molar-refractivity contribution in [1.82, 2.24) is 15.1 Å². The number of nitrogens with zero attached hydrogens (tertiary/aromatic N) is 3. The number of benzene rings is 1. The summed E-state index contributed by atoms with van der Waals surface area (Å²) < 4.78 is 6.28. The van der Waals surface area contributed by atoms with Crippen molar-refractivity contribution in [2.45, 2.75) is 20.3 Å². The van der Waals surface area contributed by atoms with Crippen molar-refractivity contribution < 1.29 is 9.32 Å². The second kappa shape index (κ2) is 6.92. The van der Waals surface area contributed by atoms with Gasteiger partial charge in [-0.2, -0.15) is 4.98 Å². The zero-order chi connectivity index (χ0) is 17.1. The zero-order valence-electron chi connectivity index (χ0n) is 13.2. The number of pyridine rings is 1. The molecule has 0 atom stereocenters. The lowest BCUT2D eigenvalue weighted by Crippen LogP contribution is -2.11. The van der Waals surface area contributed by atoms with Gasteiger partial charge in [0.1, 0.15) is 0 Å². The van der Waals surface area contributed by atoms with Crippen molar-refractivity contribution in [1.29, 1.82) is 0 Å². The Morgan fingerprint density at radius 2 is 2.21 bits per heavy atom. The van der Waals surface area contributed by atoms with Crippen molar-refractivity contribution in [2.24, 2.45) is 0 Å². The van der Waals surface area contributed by atoms with E-state index < -0.39 is 0 Å². The fourth-order valence-corrected chi connectivity index (χ4v) is 2.82. The molecule has 1 amide bonds. The van der Waals surface area contributed by atoms with Gasteiger partial charge in [-0.1, -0.05) is 28.0 Å². The highest BCUT2D eigenvalue weighted by atomic mass is 79.9. The Balaban J connectivity index is 2.06. The molecule has 3 aromatic rings. The van der Waals surface area contributed by atoms with Crippen molar-refractivity contribution in [3.8, 4) is 22.8 Å². The Hall–Kier alpha value is -2.54. The van der Waals surface area contributed by atoms with Crippen LogP contribution in [0.5, 0.6) is 0 Å². The van der Waals surface area contributed by atoms with Gasteiger partial charge in [-0.05, 0) is 36.8 Å². The minimum Gasteiger partial charge on any atom is -0.334 e. The van der Waals surface area contributed by atoms with Gasteiger partial charge >= 0.3 is 0 Å². The maximum Gasteiger partial charge on any atom is 0.260 e. The Morgan fingerprint density at radius 3 is 2.92 bits per heavy atom. The van der Waals surface area contributed by atoms with Gasteiger partial charge in [-0.15, -0.1) is 0 Å². The van der Waals surface area contributed by atoms with E-state index in [9.17, 15) is 4.79 Å². The van der Waals surface area contributed by atoms with Crippen molar-refractivity contribution in [3.05, 3.63) is 46.7 Å². The molecule has 1 N–H and O–H groups in total. The van der Waals surface area contributed by atoms with Crippen LogP contribution >= 0.6 is 15.9 Å². The molecule has 122 valence electrons. The summed E-state index contributed by atoms with van der Waals surface area (Å²) in [6.07, 6.45) is 3.74. The van der Waals surface area contributed by atoms with E-state index >= 15 is 0 Å². The van der Waals surface area contributed by atoms with Crippen molar-refractivity contribution in [3.63, 3.8) is 0 Å². The summed E-state index contributed by atoms with van der Waals surface area (Å²) in [4.78, 5) is 20.3. The molecule has 0 saturated carbocycles. The molecule has 6 nitrogen and oxygen atoms in total. The molecule has 0 saturated heterocycles. The molecule has 2 aromatic heterocycles. The number of carbonyl (C=O) groups excluding carboxylic acids is 1. The van der Waals surface area contributed by atoms with E-state index in [1.807, 2.05) is 31.2 Å². The number of rotatable bonds is 4. The van der Waals surface area contributed by atoms with E-state index in [-0.39, 0.29) is 5.91 Å². The van der Waals surface area contributed by atoms with Gasteiger partial charge in [0.2, 0.25) is 11.7 Å². The van der Waals surface area contributed by atoms with Gasteiger partial charge in [0.25, 0.3) is 5.89 Å². The summed E-state index contributed by atoms with van der Waals surface area (Å²) in [6, 6.07) is 7.43. The van der Waals surface area contributed by atoms with Gasteiger partial charge < -0.3 is 9.84 Å². The largest absolute Gasteiger partial charge is 0.334 e. The third kappa shape index (κ3) is 3.35. The topological polar surface area (TPSA) is 80.9 Å². The number of hydrogen-bond donors (Lipinski definition) is 1. The number of halogens is 1. The number of amides is 1. The van der Waals surface area contributed by atoms with Crippen LogP contribution in [0.2, 0.25) is 0 Å². The lowest BCUT2D eigenvalue weighted by atomic mass is 10.1. The molecule has 0 aliphatic rings. The van der Waals surface area contributed by atoms with E-state index in [1.54, 1.807) is 19.3 Å².